The molecule has 1 aliphatic heterocycles. The summed E-state index contributed by atoms with van der Waals surface area (Å²) in [5, 5.41) is 8.54. The van der Waals surface area contributed by atoms with Gasteiger partial charge >= 0.3 is 6.03 Å². The summed E-state index contributed by atoms with van der Waals surface area (Å²) in [6.45, 7) is 0.220. The van der Waals surface area contributed by atoms with Crippen LogP contribution in [-0.2, 0) is 11.2 Å². The van der Waals surface area contributed by atoms with Crippen LogP contribution in [-0.4, -0.2) is 49.0 Å². The highest BCUT2D eigenvalue weighted by Gasteiger charge is 2.37. The van der Waals surface area contributed by atoms with Crippen LogP contribution in [0.4, 0.5) is 4.79 Å². The van der Waals surface area contributed by atoms with Crippen LogP contribution < -0.4 is 5.32 Å². The van der Waals surface area contributed by atoms with Crippen LogP contribution in [0.25, 0.3) is 16.6 Å². The molecule has 0 radical (unpaired) electrons. The van der Waals surface area contributed by atoms with E-state index in [0.29, 0.717) is 29.2 Å². The van der Waals surface area contributed by atoms with Crippen molar-refractivity contribution in [3.05, 3.63) is 65.2 Å². The van der Waals surface area contributed by atoms with Gasteiger partial charge in [-0.2, -0.15) is 5.10 Å². The molecule has 5 rings (SSSR count). The number of aromatic nitrogens is 4. The maximum Gasteiger partial charge on any atom is 0.324 e. The molecule has 3 amide bonds. The van der Waals surface area contributed by atoms with Crippen LogP contribution in [0, 0.1) is 11.8 Å². The van der Waals surface area contributed by atoms with Crippen LogP contribution in [0.3, 0.4) is 0 Å². The number of hydrogen-bond acceptors (Lipinski definition) is 4. The molecule has 1 aromatic carbocycles. The Morgan fingerprint density at radius 1 is 1.19 bits per heavy atom. The molecule has 8 nitrogen and oxygen atoms in total. The van der Waals surface area contributed by atoms with Gasteiger partial charge in [-0.05, 0) is 29.7 Å². The number of imidazole rings is 1. The van der Waals surface area contributed by atoms with Crippen molar-refractivity contribution in [1.29, 1.82) is 0 Å². The molecule has 1 unspecified atom stereocenters. The summed E-state index contributed by atoms with van der Waals surface area (Å²) < 4.78 is 1.64. The number of rotatable bonds is 4. The lowest BCUT2D eigenvalue weighted by atomic mass is 10.1. The minimum absolute atomic E-state index is 0.220. The molecule has 1 aliphatic rings. The minimum atomic E-state index is -0.610. The van der Waals surface area contributed by atoms with Gasteiger partial charge in [0.05, 0.1) is 16.7 Å². The topological polar surface area (TPSA) is 95.4 Å². The zero-order valence-corrected chi connectivity index (χ0v) is 17.1. The van der Waals surface area contributed by atoms with Crippen molar-refractivity contribution in [3.8, 4) is 11.8 Å². The summed E-state index contributed by atoms with van der Waals surface area (Å²) in [7, 11) is 0. The Morgan fingerprint density at radius 2 is 2.10 bits per heavy atom. The molecule has 31 heavy (non-hydrogen) atoms. The van der Waals surface area contributed by atoms with E-state index in [1.165, 1.54) is 4.90 Å². The van der Waals surface area contributed by atoms with Crippen molar-refractivity contribution >= 4 is 40.1 Å². The second-order valence-corrected chi connectivity index (χ2v) is 7.57. The zero-order chi connectivity index (χ0) is 21.4. The fourth-order valence-corrected chi connectivity index (χ4v) is 3.96. The number of amides is 3. The van der Waals surface area contributed by atoms with Crippen LogP contribution in [0.15, 0.2) is 48.9 Å². The number of urea groups is 1. The molecular formula is C22H17ClN6O2. The van der Waals surface area contributed by atoms with E-state index in [4.69, 9.17) is 11.6 Å². The molecule has 1 saturated heterocycles. The smallest absolute Gasteiger partial charge is 0.324 e. The van der Waals surface area contributed by atoms with Crippen LogP contribution >= 0.6 is 11.6 Å². The predicted octanol–water partition coefficient (Wildman–Crippen LogP) is 2.77. The molecule has 0 saturated carbocycles. The number of carbonyl (C=O) groups excluding carboxylic acids is 2. The number of H-pyrrole nitrogens is 1. The molecule has 0 bridgehead atoms. The Labute approximate surface area is 182 Å². The number of hydrogen-bond donors (Lipinski definition) is 2. The summed E-state index contributed by atoms with van der Waals surface area (Å²) in [5.41, 5.74) is 3.12. The largest absolute Gasteiger partial charge is 0.360 e. The molecule has 2 N–H and O–H groups in total. The van der Waals surface area contributed by atoms with Crippen molar-refractivity contribution in [2.75, 3.05) is 6.54 Å². The third-order valence-electron chi connectivity index (χ3n) is 5.24. The number of benzene rings is 1. The molecule has 4 heterocycles. The highest BCUT2D eigenvalue weighted by atomic mass is 35.5. The molecule has 0 spiro atoms. The molecule has 3 aromatic heterocycles. The summed E-state index contributed by atoms with van der Waals surface area (Å²) in [6, 6.07) is 8.25. The van der Waals surface area contributed by atoms with E-state index >= 15 is 0 Å². The van der Waals surface area contributed by atoms with E-state index in [1.807, 2.05) is 24.4 Å². The maximum absolute atomic E-state index is 12.8. The average Bonchev–Trinajstić information content (AvgIpc) is 3.44. The second kappa shape index (κ2) is 7.78. The minimum Gasteiger partial charge on any atom is -0.360 e. The fraction of sp³-hybridized carbons (Fsp3) is 0.182. The number of aromatic amines is 1. The lowest BCUT2D eigenvalue weighted by Gasteiger charge is -2.10. The van der Waals surface area contributed by atoms with E-state index < -0.39 is 12.1 Å². The van der Waals surface area contributed by atoms with Gasteiger partial charge in [0.15, 0.2) is 5.65 Å². The molecule has 1 atom stereocenters. The van der Waals surface area contributed by atoms with Crippen molar-refractivity contribution < 1.29 is 9.59 Å². The first kappa shape index (κ1) is 19.2. The standard InChI is InChI=1S/C22H17ClN6O2/c23-17-7-3-6-16-14(12-25-20(16)17)11-18-21(30)28(22(31)27-18)10-2-1-5-15-13-24-19-8-4-9-26-29(15)19/h3-4,6-9,12-13,18,25H,2,10-11H2,(H,27,31). The second-order valence-electron chi connectivity index (χ2n) is 7.16. The van der Waals surface area contributed by atoms with Gasteiger partial charge in [-0.25, -0.2) is 14.3 Å². The van der Waals surface area contributed by atoms with E-state index in [1.54, 1.807) is 29.0 Å². The van der Waals surface area contributed by atoms with E-state index in [9.17, 15) is 9.59 Å². The number of carbonyl (C=O) groups is 2. The van der Waals surface area contributed by atoms with Gasteiger partial charge in [0.1, 0.15) is 11.7 Å². The van der Waals surface area contributed by atoms with Gasteiger partial charge in [0.25, 0.3) is 5.91 Å². The molecule has 0 aliphatic carbocycles. The molecular weight excluding hydrogens is 416 g/mol. The van der Waals surface area contributed by atoms with Crippen LogP contribution in [0.2, 0.25) is 5.02 Å². The first-order valence-electron chi connectivity index (χ1n) is 9.76. The quantitative estimate of drug-likeness (QED) is 0.383. The average molecular weight is 433 g/mol. The molecule has 154 valence electrons. The van der Waals surface area contributed by atoms with E-state index in [2.05, 4.69) is 32.2 Å². The lowest BCUT2D eigenvalue weighted by Crippen LogP contribution is -2.33. The van der Waals surface area contributed by atoms with Gasteiger partial charge < -0.3 is 10.3 Å². The van der Waals surface area contributed by atoms with Crippen molar-refractivity contribution in [3.63, 3.8) is 0 Å². The number of para-hydroxylation sites is 1. The summed E-state index contributed by atoms with van der Waals surface area (Å²) >= 11 is 6.20. The number of nitrogens with zero attached hydrogens (tertiary/aromatic N) is 4. The van der Waals surface area contributed by atoms with Crippen LogP contribution in [0.5, 0.6) is 0 Å². The molecule has 1 fully saturated rings. The zero-order valence-electron chi connectivity index (χ0n) is 16.3. The first-order valence-corrected chi connectivity index (χ1v) is 10.1. The van der Waals surface area contributed by atoms with Gasteiger partial charge in [0, 0.05) is 37.2 Å². The highest BCUT2D eigenvalue weighted by Crippen LogP contribution is 2.26. The summed E-state index contributed by atoms with van der Waals surface area (Å²) in [5.74, 6) is 5.74. The number of nitrogens with one attached hydrogen (secondary N) is 2. The number of halogens is 1. The Morgan fingerprint density at radius 3 is 3.00 bits per heavy atom. The third kappa shape index (κ3) is 3.49. The van der Waals surface area contributed by atoms with Gasteiger partial charge in [0.2, 0.25) is 0 Å². The van der Waals surface area contributed by atoms with Crippen molar-refractivity contribution in [2.24, 2.45) is 0 Å². The highest BCUT2D eigenvalue weighted by molar-refractivity contribution is 6.35. The predicted molar refractivity (Wildman–Crippen MR) is 116 cm³/mol. The molecule has 4 aromatic rings. The van der Waals surface area contributed by atoms with Gasteiger partial charge in [-0.15, -0.1) is 0 Å². The fourth-order valence-electron chi connectivity index (χ4n) is 3.73. The normalized spacial score (nSPS) is 16.0. The Bertz CT molecular complexity index is 1380. The monoisotopic (exact) mass is 432 g/mol. The van der Waals surface area contributed by atoms with Crippen molar-refractivity contribution in [1.82, 2.24) is 29.8 Å². The van der Waals surface area contributed by atoms with E-state index in [0.717, 1.165) is 16.5 Å². The van der Waals surface area contributed by atoms with Gasteiger partial charge in [-0.1, -0.05) is 29.7 Å². The molecule has 9 heteroatoms. The first-order chi connectivity index (χ1) is 15.1. The number of fused-ring (bicyclic) bond motifs is 2. The van der Waals surface area contributed by atoms with Gasteiger partial charge in [-0.3, -0.25) is 9.69 Å². The maximum atomic E-state index is 12.8. The number of imide groups is 1. The van der Waals surface area contributed by atoms with Crippen LogP contribution in [0.1, 0.15) is 17.7 Å². The van der Waals surface area contributed by atoms with E-state index in [-0.39, 0.29) is 12.5 Å². The SMILES string of the molecule is O=C1NC(Cc2c[nH]c3c(Cl)cccc23)C(=O)N1CCC#Cc1cnc2cccnn12. The Balaban J connectivity index is 1.25. The summed E-state index contributed by atoms with van der Waals surface area (Å²) in [6.07, 6.45) is 5.88. The van der Waals surface area contributed by atoms with Crippen molar-refractivity contribution in [2.45, 2.75) is 18.9 Å². The summed E-state index contributed by atoms with van der Waals surface area (Å²) in [4.78, 5) is 33.7. The lowest BCUT2D eigenvalue weighted by molar-refractivity contribution is -0.127. The Hall–Kier alpha value is -3.83. The Kier molecular flexibility index (Phi) is 4.81. The third-order valence-corrected chi connectivity index (χ3v) is 5.55.